The molecule has 10 heteroatoms. The number of rotatable bonds is 5. The van der Waals surface area contributed by atoms with Crippen molar-refractivity contribution in [1.29, 1.82) is 0 Å². The number of ether oxygens (including phenoxy) is 1. The highest BCUT2D eigenvalue weighted by molar-refractivity contribution is 6.03. The highest BCUT2D eigenvalue weighted by Gasteiger charge is 2.36. The third-order valence-electron chi connectivity index (χ3n) is 4.15. The van der Waals surface area contributed by atoms with Crippen LogP contribution < -0.4 is 10.1 Å². The number of alkyl halides is 3. The molecule has 1 amide bonds. The molecular formula is C20H15F3N4O3. The molecule has 0 aliphatic rings. The molecule has 0 spiro atoms. The third kappa shape index (κ3) is 3.84. The standard InChI is InChI=1S/C20H15F3N4O3/c1-2-29-13-7-5-12(6-8-13)24-19(28)15-11-18-25-14(16-4-3-9-30-16)10-17(20(21,22)23)27(18)26-15/h3-11H,2H2,1H3,(H,24,28). The van der Waals surface area contributed by atoms with E-state index in [9.17, 15) is 18.0 Å². The van der Waals surface area contributed by atoms with Crippen LogP contribution in [0.4, 0.5) is 18.9 Å². The van der Waals surface area contributed by atoms with Crippen LogP contribution in [0.25, 0.3) is 17.1 Å². The second-order valence-electron chi connectivity index (χ2n) is 6.21. The lowest BCUT2D eigenvalue weighted by molar-refractivity contribution is -0.142. The number of carbonyl (C=O) groups is 1. The van der Waals surface area contributed by atoms with E-state index in [0.29, 0.717) is 22.6 Å². The number of nitrogens with one attached hydrogen (secondary N) is 1. The van der Waals surface area contributed by atoms with Crippen LogP contribution in [0, 0.1) is 0 Å². The molecule has 0 saturated heterocycles. The van der Waals surface area contributed by atoms with E-state index >= 15 is 0 Å². The number of hydrogen-bond acceptors (Lipinski definition) is 5. The van der Waals surface area contributed by atoms with E-state index in [1.165, 1.54) is 18.4 Å². The quantitative estimate of drug-likeness (QED) is 0.512. The molecule has 0 aliphatic heterocycles. The number of amides is 1. The summed E-state index contributed by atoms with van der Waals surface area (Å²) < 4.78 is 51.8. The Labute approximate surface area is 168 Å². The van der Waals surface area contributed by atoms with Gasteiger partial charge < -0.3 is 14.5 Å². The van der Waals surface area contributed by atoms with Gasteiger partial charge in [0.1, 0.15) is 11.4 Å². The van der Waals surface area contributed by atoms with Crippen LogP contribution in [0.3, 0.4) is 0 Å². The molecule has 3 heterocycles. The van der Waals surface area contributed by atoms with Gasteiger partial charge in [-0.25, -0.2) is 9.50 Å². The number of benzene rings is 1. The number of furan rings is 1. The number of halogens is 3. The summed E-state index contributed by atoms with van der Waals surface area (Å²) in [6, 6.07) is 11.6. The van der Waals surface area contributed by atoms with Crippen LogP contribution in [0.15, 0.2) is 59.2 Å². The van der Waals surface area contributed by atoms with Crippen molar-refractivity contribution in [3.05, 3.63) is 66.2 Å². The summed E-state index contributed by atoms with van der Waals surface area (Å²) >= 11 is 0. The Morgan fingerprint density at radius 2 is 1.97 bits per heavy atom. The Kier molecular flexibility index (Phi) is 4.90. The lowest BCUT2D eigenvalue weighted by Gasteiger charge is -2.09. The minimum absolute atomic E-state index is 0.0156. The molecule has 3 aromatic heterocycles. The molecule has 0 fully saturated rings. The van der Waals surface area contributed by atoms with Gasteiger partial charge in [-0.15, -0.1) is 0 Å². The van der Waals surface area contributed by atoms with Crippen LogP contribution >= 0.6 is 0 Å². The Balaban J connectivity index is 1.69. The smallest absolute Gasteiger partial charge is 0.433 e. The number of carbonyl (C=O) groups excluding carboxylic acids is 1. The Morgan fingerprint density at radius 1 is 1.20 bits per heavy atom. The predicted molar refractivity (Wildman–Crippen MR) is 101 cm³/mol. The fraction of sp³-hybridized carbons (Fsp3) is 0.150. The molecule has 1 aromatic carbocycles. The average Bonchev–Trinajstić information content (AvgIpc) is 3.38. The largest absolute Gasteiger partial charge is 0.494 e. The van der Waals surface area contributed by atoms with Gasteiger partial charge in [0.05, 0.1) is 12.9 Å². The lowest BCUT2D eigenvalue weighted by atomic mass is 10.2. The van der Waals surface area contributed by atoms with Crippen LogP contribution in [-0.4, -0.2) is 27.1 Å². The molecule has 0 unspecified atom stereocenters. The molecule has 4 rings (SSSR count). The van der Waals surface area contributed by atoms with Crippen molar-refractivity contribution in [3.8, 4) is 17.2 Å². The monoisotopic (exact) mass is 416 g/mol. The van der Waals surface area contributed by atoms with Gasteiger partial charge in [-0.2, -0.15) is 18.3 Å². The average molecular weight is 416 g/mol. The van der Waals surface area contributed by atoms with Gasteiger partial charge >= 0.3 is 6.18 Å². The molecular weight excluding hydrogens is 401 g/mol. The maximum atomic E-state index is 13.6. The van der Waals surface area contributed by atoms with Crippen LogP contribution in [-0.2, 0) is 6.18 Å². The first-order chi connectivity index (χ1) is 14.3. The SMILES string of the molecule is CCOc1ccc(NC(=O)c2cc3nc(-c4ccco4)cc(C(F)(F)F)n3n2)cc1. The minimum atomic E-state index is -4.71. The molecule has 4 aromatic rings. The molecule has 0 saturated carbocycles. The van der Waals surface area contributed by atoms with Gasteiger partial charge in [0.2, 0.25) is 0 Å². The second-order valence-corrected chi connectivity index (χ2v) is 6.21. The molecule has 0 radical (unpaired) electrons. The molecule has 0 atom stereocenters. The first-order valence-corrected chi connectivity index (χ1v) is 8.91. The summed E-state index contributed by atoms with van der Waals surface area (Å²) in [5, 5.41) is 6.40. The van der Waals surface area contributed by atoms with Gasteiger partial charge in [0.15, 0.2) is 22.8 Å². The van der Waals surface area contributed by atoms with Crippen molar-refractivity contribution in [3.63, 3.8) is 0 Å². The summed E-state index contributed by atoms with van der Waals surface area (Å²) in [5.74, 6) is 0.134. The number of nitrogens with zero attached hydrogens (tertiary/aromatic N) is 3. The maximum absolute atomic E-state index is 13.6. The summed E-state index contributed by atoms with van der Waals surface area (Å²) in [4.78, 5) is 16.7. The zero-order chi connectivity index (χ0) is 21.3. The van der Waals surface area contributed by atoms with Gasteiger partial charge in [0, 0.05) is 11.8 Å². The van der Waals surface area contributed by atoms with E-state index in [-0.39, 0.29) is 22.8 Å². The highest BCUT2D eigenvalue weighted by Crippen LogP contribution is 2.32. The van der Waals surface area contributed by atoms with E-state index in [0.717, 1.165) is 6.07 Å². The fourth-order valence-corrected chi connectivity index (χ4v) is 2.83. The number of anilines is 1. The summed E-state index contributed by atoms with van der Waals surface area (Å²) in [5.41, 5.74) is -0.982. The number of hydrogen-bond donors (Lipinski definition) is 1. The molecule has 30 heavy (non-hydrogen) atoms. The minimum Gasteiger partial charge on any atom is -0.494 e. The third-order valence-corrected chi connectivity index (χ3v) is 4.15. The van der Waals surface area contributed by atoms with E-state index in [1.54, 1.807) is 30.3 Å². The van der Waals surface area contributed by atoms with Crippen LogP contribution in [0.1, 0.15) is 23.1 Å². The second kappa shape index (κ2) is 7.54. The van der Waals surface area contributed by atoms with E-state index in [4.69, 9.17) is 9.15 Å². The van der Waals surface area contributed by atoms with E-state index < -0.39 is 17.8 Å². The Morgan fingerprint density at radius 3 is 2.60 bits per heavy atom. The summed E-state index contributed by atoms with van der Waals surface area (Å²) in [7, 11) is 0. The van der Waals surface area contributed by atoms with Gasteiger partial charge in [-0.05, 0) is 49.4 Å². The van der Waals surface area contributed by atoms with Gasteiger partial charge in [0.25, 0.3) is 5.91 Å². The number of aromatic nitrogens is 3. The lowest BCUT2D eigenvalue weighted by Crippen LogP contribution is -2.15. The van der Waals surface area contributed by atoms with Gasteiger partial charge in [-0.1, -0.05) is 0 Å². The first-order valence-electron chi connectivity index (χ1n) is 8.91. The van der Waals surface area contributed by atoms with Crippen LogP contribution in [0.5, 0.6) is 5.75 Å². The topological polar surface area (TPSA) is 81.7 Å². The summed E-state index contributed by atoms with van der Waals surface area (Å²) in [6.45, 7) is 2.35. The number of fused-ring (bicyclic) bond motifs is 1. The van der Waals surface area contributed by atoms with Crippen molar-refractivity contribution < 1.29 is 27.1 Å². The van der Waals surface area contributed by atoms with Crippen molar-refractivity contribution in [2.24, 2.45) is 0 Å². The first kappa shape index (κ1) is 19.5. The zero-order valence-electron chi connectivity index (χ0n) is 15.6. The summed E-state index contributed by atoms with van der Waals surface area (Å²) in [6.07, 6.45) is -3.38. The molecule has 7 nitrogen and oxygen atoms in total. The molecule has 154 valence electrons. The van der Waals surface area contributed by atoms with Crippen molar-refractivity contribution in [2.45, 2.75) is 13.1 Å². The van der Waals surface area contributed by atoms with E-state index in [2.05, 4.69) is 15.4 Å². The molecule has 0 bridgehead atoms. The van der Waals surface area contributed by atoms with E-state index in [1.807, 2.05) is 6.92 Å². The fourth-order valence-electron chi connectivity index (χ4n) is 2.83. The predicted octanol–water partition coefficient (Wildman–Crippen LogP) is 4.66. The normalized spacial score (nSPS) is 11.6. The van der Waals surface area contributed by atoms with Crippen molar-refractivity contribution >= 4 is 17.2 Å². The van der Waals surface area contributed by atoms with Crippen molar-refractivity contribution in [2.75, 3.05) is 11.9 Å². The zero-order valence-corrected chi connectivity index (χ0v) is 15.6. The highest BCUT2D eigenvalue weighted by atomic mass is 19.4. The van der Waals surface area contributed by atoms with Crippen molar-refractivity contribution in [1.82, 2.24) is 14.6 Å². The Hall–Kier alpha value is -3.82. The maximum Gasteiger partial charge on any atom is 0.433 e. The molecule has 0 aliphatic carbocycles. The van der Waals surface area contributed by atoms with Gasteiger partial charge in [-0.3, -0.25) is 4.79 Å². The van der Waals surface area contributed by atoms with Crippen LogP contribution in [0.2, 0.25) is 0 Å². The molecule has 1 N–H and O–H groups in total. The Bertz CT molecular complexity index is 1180.